The maximum Gasteiger partial charge on any atom is 0.411 e. The van der Waals surface area contributed by atoms with Gasteiger partial charge in [-0.2, -0.15) is 0 Å². The van der Waals surface area contributed by atoms with E-state index in [0.29, 0.717) is 4.47 Å². The second kappa shape index (κ2) is 3.34. The average molecular weight is 217 g/mol. The van der Waals surface area contributed by atoms with Gasteiger partial charge >= 0.3 is 6.09 Å². The van der Waals surface area contributed by atoms with Crippen LogP contribution in [0.4, 0.5) is 4.79 Å². The molecule has 0 spiro atoms. The number of rotatable bonds is 1. The molecular formula is C6H5BrN2O2. The number of aromatic nitrogens is 1. The standard InChI is InChI=1S/C6H5BrN2O2/c7-4-2-1-3-9-5(4)11-6(8)10/h1-3H,(H2,8,10). The molecule has 0 saturated carbocycles. The van der Waals surface area contributed by atoms with Crippen molar-refractivity contribution in [2.45, 2.75) is 0 Å². The first-order chi connectivity index (χ1) is 5.20. The summed E-state index contributed by atoms with van der Waals surface area (Å²) >= 11 is 3.13. The molecule has 0 bridgehead atoms. The summed E-state index contributed by atoms with van der Waals surface area (Å²) in [5, 5.41) is 0. The molecule has 0 atom stereocenters. The quantitative estimate of drug-likeness (QED) is 0.770. The van der Waals surface area contributed by atoms with Gasteiger partial charge in [0, 0.05) is 6.20 Å². The van der Waals surface area contributed by atoms with Crippen LogP contribution in [0.1, 0.15) is 0 Å². The lowest BCUT2D eigenvalue weighted by molar-refractivity contribution is 0.208. The molecule has 0 fully saturated rings. The van der Waals surface area contributed by atoms with Crippen LogP contribution in [0.2, 0.25) is 0 Å². The molecule has 2 N–H and O–H groups in total. The van der Waals surface area contributed by atoms with Crippen molar-refractivity contribution in [2.75, 3.05) is 0 Å². The highest BCUT2D eigenvalue weighted by molar-refractivity contribution is 9.10. The Labute approximate surface area is 71.5 Å². The van der Waals surface area contributed by atoms with E-state index in [4.69, 9.17) is 5.73 Å². The summed E-state index contributed by atoms with van der Waals surface area (Å²) in [6.07, 6.45) is 0.632. The van der Waals surface area contributed by atoms with Gasteiger partial charge in [-0.05, 0) is 28.1 Å². The number of halogens is 1. The number of nitrogens with two attached hydrogens (primary N) is 1. The van der Waals surface area contributed by atoms with Crippen LogP contribution in [0.3, 0.4) is 0 Å². The van der Waals surface area contributed by atoms with Crippen LogP contribution >= 0.6 is 15.9 Å². The molecule has 0 aliphatic carbocycles. The highest BCUT2D eigenvalue weighted by Crippen LogP contribution is 2.20. The number of primary amides is 1. The van der Waals surface area contributed by atoms with Crippen LogP contribution in [0.5, 0.6) is 5.88 Å². The molecule has 1 aromatic heterocycles. The van der Waals surface area contributed by atoms with Crippen molar-refractivity contribution in [1.82, 2.24) is 4.98 Å². The molecule has 0 unspecified atom stereocenters. The molecule has 0 aliphatic rings. The van der Waals surface area contributed by atoms with Crippen LogP contribution in [0, 0.1) is 0 Å². The Morgan fingerprint density at radius 3 is 3.00 bits per heavy atom. The zero-order chi connectivity index (χ0) is 8.27. The second-order valence-electron chi connectivity index (χ2n) is 1.71. The minimum atomic E-state index is -0.871. The SMILES string of the molecule is NC(=O)Oc1ncccc1Br. The largest absolute Gasteiger partial charge is 0.411 e. The van der Waals surface area contributed by atoms with Gasteiger partial charge in [0.15, 0.2) is 0 Å². The minimum Gasteiger partial charge on any atom is -0.390 e. The summed E-state index contributed by atoms with van der Waals surface area (Å²) in [4.78, 5) is 14.0. The molecule has 1 aromatic rings. The number of carbonyl (C=O) groups excluding carboxylic acids is 1. The fourth-order valence-corrected chi connectivity index (χ4v) is 0.878. The summed E-state index contributed by atoms with van der Waals surface area (Å²) in [7, 11) is 0. The third-order valence-electron chi connectivity index (χ3n) is 0.922. The summed E-state index contributed by atoms with van der Waals surface area (Å²) in [5.74, 6) is 0.181. The summed E-state index contributed by atoms with van der Waals surface area (Å²) in [6, 6.07) is 3.41. The van der Waals surface area contributed by atoms with E-state index in [1.807, 2.05) is 0 Å². The predicted molar refractivity (Wildman–Crippen MR) is 42.1 cm³/mol. The molecule has 0 aliphatic heterocycles. The first kappa shape index (κ1) is 8.00. The fourth-order valence-electron chi connectivity index (χ4n) is 0.542. The van der Waals surface area contributed by atoms with Crippen molar-refractivity contribution in [3.05, 3.63) is 22.8 Å². The normalized spacial score (nSPS) is 9.18. The van der Waals surface area contributed by atoms with Gasteiger partial charge in [0.1, 0.15) is 0 Å². The van der Waals surface area contributed by atoms with Gasteiger partial charge in [-0.25, -0.2) is 9.78 Å². The molecule has 1 rings (SSSR count). The van der Waals surface area contributed by atoms with Gasteiger partial charge in [0.2, 0.25) is 5.88 Å². The number of hydrogen-bond acceptors (Lipinski definition) is 3. The molecule has 0 saturated heterocycles. The maximum absolute atomic E-state index is 10.3. The zero-order valence-electron chi connectivity index (χ0n) is 5.45. The van der Waals surface area contributed by atoms with Crippen molar-refractivity contribution < 1.29 is 9.53 Å². The smallest absolute Gasteiger partial charge is 0.390 e. The molecular weight excluding hydrogens is 212 g/mol. The van der Waals surface area contributed by atoms with E-state index in [1.54, 1.807) is 12.1 Å². The van der Waals surface area contributed by atoms with Crippen molar-refractivity contribution in [3.63, 3.8) is 0 Å². The Balaban J connectivity index is 2.86. The monoisotopic (exact) mass is 216 g/mol. The number of nitrogens with zero attached hydrogens (tertiary/aromatic N) is 1. The van der Waals surface area contributed by atoms with Gasteiger partial charge < -0.3 is 10.5 Å². The summed E-state index contributed by atoms with van der Waals surface area (Å²) < 4.78 is 5.12. The van der Waals surface area contributed by atoms with E-state index in [9.17, 15) is 4.79 Å². The van der Waals surface area contributed by atoms with Crippen molar-refractivity contribution >= 4 is 22.0 Å². The number of amides is 1. The topological polar surface area (TPSA) is 65.2 Å². The number of pyridine rings is 1. The van der Waals surface area contributed by atoms with Crippen molar-refractivity contribution in [2.24, 2.45) is 5.73 Å². The molecule has 1 amide bonds. The minimum absolute atomic E-state index is 0.181. The van der Waals surface area contributed by atoms with Crippen molar-refractivity contribution in [1.29, 1.82) is 0 Å². The molecule has 0 radical (unpaired) electrons. The number of hydrogen-bond donors (Lipinski definition) is 1. The lowest BCUT2D eigenvalue weighted by Gasteiger charge is -1.99. The van der Waals surface area contributed by atoms with E-state index in [-0.39, 0.29) is 5.88 Å². The van der Waals surface area contributed by atoms with Crippen LogP contribution in [-0.2, 0) is 0 Å². The first-order valence-electron chi connectivity index (χ1n) is 2.78. The third kappa shape index (κ3) is 2.19. The molecule has 11 heavy (non-hydrogen) atoms. The lowest BCUT2D eigenvalue weighted by Crippen LogP contribution is -2.17. The maximum atomic E-state index is 10.3. The Kier molecular flexibility index (Phi) is 2.43. The number of carbonyl (C=O) groups is 1. The van der Waals surface area contributed by atoms with Gasteiger partial charge in [0.25, 0.3) is 0 Å². The lowest BCUT2D eigenvalue weighted by atomic mass is 10.5. The highest BCUT2D eigenvalue weighted by atomic mass is 79.9. The van der Waals surface area contributed by atoms with E-state index in [1.165, 1.54) is 6.20 Å². The van der Waals surface area contributed by atoms with E-state index in [2.05, 4.69) is 25.7 Å². The molecule has 1 heterocycles. The van der Waals surface area contributed by atoms with E-state index in [0.717, 1.165) is 0 Å². The van der Waals surface area contributed by atoms with E-state index >= 15 is 0 Å². The molecule has 58 valence electrons. The third-order valence-corrected chi connectivity index (χ3v) is 1.53. The summed E-state index contributed by atoms with van der Waals surface area (Å²) in [6.45, 7) is 0. The Bertz CT molecular complexity index is 277. The van der Waals surface area contributed by atoms with E-state index < -0.39 is 6.09 Å². The van der Waals surface area contributed by atoms with Crippen LogP contribution < -0.4 is 10.5 Å². The van der Waals surface area contributed by atoms with Gasteiger partial charge in [-0.15, -0.1) is 0 Å². The van der Waals surface area contributed by atoms with Gasteiger partial charge in [-0.3, -0.25) is 0 Å². The molecule has 4 nitrogen and oxygen atoms in total. The Hall–Kier alpha value is -1.10. The van der Waals surface area contributed by atoms with Crippen molar-refractivity contribution in [3.8, 4) is 5.88 Å². The molecule has 0 aromatic carbocycles. The average Bonchev–Trinajstić information content (AvgIpc) is 1.93. The zero-order valence-corrected chi connectivity index (χ0v) is 7.04. The first-order valence-corrected chi connectivity index (χ1v) is 3.57. The highest BCUT2D eigenvalue weighted by Gasteiger charge is 2.03. The van der Waals surface area contributed by atoms with Gasteiger partial charge in [-0.1, -0.05) is 0 Å². The molecule has 5 heteroatoms. The van der Waals surface area contributed by atoms with Crippen LogP contribution in [0.15, 0.2) is 22.8 Å². The Morgan fingerprint density at radius 2 is 2.45 bits per heavy atom. The second-order valence-corrected chi connectivity index (χ2v) is 2.57. The fraction of sp³-hybridized carbons (Fsp3) is 0. The number of ether oxygens (including phenoxy) is 1. The van der Waals surface area contributed by atoms with Crippen LogP contribution in [0.25, 0.3) is 0 Å². The summed E-state index contributed by atoms with van der Waals surface area (Å²) in [5.41, 5.74) is 4.77. The Morgan fingerprint density at radius 1 is 1.73 bits per heavy atom. The predicted octanol–water partition coefficient (Wildman–Crippen LogP) is 1.30. The van der Waals surface area contributed by atoms with Crippen LogP contribution in [-0.4, -0.2) is 11.1 Å². The van der Waals surface area contributed by atoms with Gasteiger partial charge in [0.05, 0.1) is 4.47 Å².